The van der Waals surface area contributed by atoms with E-state index in [1.165, 1.54) is 126 Å². The maximum absolute atomic E-state index is 5.58. The van der Waals surface area contributed by atoms with Crippen molar-refractivity contribution >= 4 is 43.6 Å². The number of hydrogen-bond donors (Lipinski definition) is 1. The monoisotopic (exact) mass is 525 g/mol. The van der Waals surface area contributed by atoms with E-state index >= 15 is 0 Å². The Kier molecular flexibility index (Phi) is 4.59. The number of benzene rings is 2. The molecule has 0 amide bonds. The lowest BCUT2D eigenvalue weighted by Crippen LogP contribution is -2.25. The van der Waals surface area contributed by atoms with Gasteiger partial charge in [-0.3, -0.25) is 9.97 Å². The van der Waals surface area contributed by atoms with Crippen LogP contribution in [0.4, 0.5) is 0 Å². The molecule has 0 aliphatic heterocycles. The van der Waals surface area contributed by atoms with Crippen LogP contribution >= 0.6 is 0 Å². The summed E-state index contributed by atoms with van der Waals surface area (Å²) in [6.45, 7) is 2.37. The van der Waals surface area contributed by atoms with Gasteiger partial charge in [-0.2, -0.15) is 0 Å². The van der Waals surface area contributed by atoms with E-state index in [2.05, 4.69) is 48.3 Å². The summed E-state index contributed by atoms with van der Waals surface area (Å²) in [6.07, 6.45) is 15.0. The van der Waals surface area contributed by atoms with Crippen LogP contribution < -0.4 is 0 Å². The van der Waals surface area contributed by atoms with Crippen LogP contribution in [-0.4, -0.2) is 15.0 Å². The summed E-state index contributed by atoms with van der Waals surface area (Å²) in [5, 5.41) is 5.21. The Bertz CT molecular complexity index is 1850. The highest BCUT2D eigenvalue weighted by Gasteiger charge is 2.43. The Morgan fingerprint density at radius 3 is 1.98 bits per heavy atom. The maximum Gasteiger partial charge on any atom is 0.0946 e. The van der Waals surface area contributed by atoms with Gasteiger partial charge in [-0.25, -0.2) is 0 Å². The van der Waals surface area contributed by atoms with Crippen LogP contribution in [0.3, 0.4) is 0 Å². The molecule has 6 bridgehead atoms. The number of aromatic amines is 1. The molecule has 6 aliphatic carbocycles. The number of nitrogens with one attached hydrogen (secondary N) is 1. The number of fused-ring (bicyclic) bond motifs is 11. The van der Waals surface area contributed by atoms with E-state index in [0.717, 1.165) is 23.7 Å². The molecule has 2 aromatic carbocycles. The van der Waals surface area contributed by atoms with Crippen molar-refractivity contribution in [2.45, 2.75) is 101 Å². The molecule has 3 fully saturated rings. The fraction of sp³-hybridized carbons (Fsp3) is 0.514. The highest BCUT2D eigenvalue weighted by atomic mass is 14.8. The van der Waals surface area contributed by atoms with Gasteiger partial charge in [0.25, 0.3) is 0 Å². The average Bonchev–Trinajstić information content (AvgIpc) is 3.24. The van der Waals surface area contributed by atoms with Crippen molar-refractivity contribution in [3.63, 3.8) is 0 Å². The Hall–Kier alpha value is -2.94. The number of pyridine rings is 2. The Morgan fingerprint density at radius 1 is 0.650 bits per heavy atom. The highest BCUT2D eigenvalue weighted by Crippen LogP contribution is 2.56. The third kappa shape index (κ3) is 3.07. The van der Waals surface area contributed by atoms with E-state index in [9.17, 15) is 0 Å². The standard InChI is InChI=1S/C37H39N3/c1-2-22-11-19-4-3-5-23(12-19)30-17-24-6-8-28-29-9-7-25-18-31-26-13-20-10-21(14-26)16-27(15-20)33(31)39-35(25)37(29)40-36(28)34(24)38-32(22)30/h6-9,17-23,26-27,40H,2-5,10-16H2,1H3. The fourth-order valence-corrected chi connectivity index (χ4v) is 10.7. The van der Waals surface area contributed by atoms with Gasteiger partial charge in [0, 0.05) is 44.8 Å². The molecule has 5 unspecified atom stereocenters. The molecule has 0 radical (unpaired) electrons. The van der Waals surface area contributed by atoms with Crippen molar-refractivity contribution in [3.05, 3.63) is 58.9 Å². The van der Waals surface area contributed by atoms with Crippen molar-refractivity contribution in [2.24, 2.45) is 17.8 Å². The minimum absolute atomic E-state index is 0.593. The summed E-state index contributed by atoms with van der Waals surface area (Å²) in [7, 11) is 0. The predicted molar refractivity (Wildman–Crippen MR) is 164 cm³/mol. The van der Waals surface area contributed by atoms with Crippen LogP contribution in [0.2, 0.25) is 0 Å². The zero-order valence-electron chi connectivity index (χ0n) is 23.7. The molecule has 0 saturated heterocycles. The number of nitrogens with zero attached hydrogens (tertiary/aromatic N) is 2. The van der Waals surface area contributed by atoms with Gasteiger partial charge in [-0.15, -0.1) is 0 Å². The molecule has 40 heavy (non-hydrogen) atoms. The summed E-state index contributed by atoms with van der Waals surface area (Å²) in [5.41, 5.74) is 10.8. The lowest BCUT2D eigenvalue weighted by atomic mass is 9.67. The SMILES string of the molecule is CCC1CC2CCCC(C2)c2cc3ccc4c5ccc6cc7c(nc6c5[nH]c4c3nc21)C1CC2CC(CC7C2)C1. The second-order valence-electron chi connectivity index (χ2n) is 14.5. The Morgan fingerprint density at radius 2 is 1.27 bits per heavy atom. The van der Waals surface area contributed by atoms with E-state index in [0.29, 0.717) is 17.8 Å². The normalized spacial score (nSPS) is 32.5. The van der Waals surface area contributed by atoms with Gasteiger partial charge in [0.15, 0.2) is 0 Å². The average molecular weight is 526 g/mol. The van der Waals surface area contributed by atoms with Gasteiger partial charge in [0.05, 0.1) is 22.1 Å². The van der Waals surface area contributed by atoms with Gasteiger partial charge < -0.3 is 4.98 Å². The first-order valence-electron chi connectivity index (χ1n) is 16.4. The van der Waals surface area contributed by atoms with E-state index in [4.69, 9.17) is 9.97 Å². The number of rotatable bonds is 1. The minimum atomic E-state index is 0.593. The highest BCUT2D eigenvalue weighted by molar-refractivity contribution is 6.20. The summed E-state index contributed by atoms with van der Waals surface area (Å²) in [6, 6.07) is 14.4. The van der Waals surface area contributed by atoms with Crippen molar-refractivity contribution in [3.8, 4) is 0 Å². The molecule has 3 aromatic heterocycles. The molecular formula is C37H39N3. The molecule has 0 spiro atoms. The Labute approximate surface area is 236 Å². The van der Waals surface area contributed by atoms with E-state index < -0.39 is 0 Å². The second-order valence-corrected chi connectivity index (χ2v) is 14.5. The summed E-state index contributed by atoms with van der Waals surface area (Å²) in [4.78, 5) is 15.1. The topological polar surface area (TPSA) is 41.6 Å². The molecule has 6 aliphatic rings. The first-order chi connectivity index (χ1) is 19.7. The molecule has 1 N–H and O–H groups in total. The molecule has 3 heteroatoms. The van der Waals surface area contributed by atoms with Gasteiger partial charge in [0.2, 0.25) is 0 Å². The van der Waals surface area contributed by atoms with Crippen LogP contribution in [-0.2, 0) is 0 Å². The molecule has 202 valence electrons. The smallest absolute Gasteiger partial charge is 0.0946 e. The molecule has 11 rings (SSSR count). The fourth-order valence-electron chi connectivity index (χ4n) is 10.7. The van der Waals surface area contributed by atoms with Gasteiger partial charge in [0.1, 0.15) is 0 Å². The number of hydrogen-bond acceptors (Lipinski definition) is 2. The third-order valence-corrected chi connectivity index (χ3v) is 12.3. The van der Waals surface area contributed by atoms with Crippen LogP contribution in [0.15, 0.2) is 36.4 Å². The van der Waals surface area contributed by atoms with Crippen LogP contribution in [0.25, 0.3) is 43.6 Å². The van der Waals surface area contributed by atoms with Crippen molar-refractivity contribution < 1.29 is 0 Å². The zero-order valence-corrected chi connectivity index (χ0v) is 23.7. The van der Waals surface area contributed by atoms with E-state index in [1.807, 2.05) is 0 Å². The number of aromatic nitrogens is 3. The van der Waals surface area contributed by atoms with Gasteiger partial charge in [-0.05, 0) is 111 Å². The minimum Gasteiger partial charge on any atom is -0.351 e. The maximum atomic E-state index is 5.58. The summed E-state index contributed by atoms with van der Waals surface area (Å²) >= 11 is 0. The van der Waals surface area contributed by atoms with Crippen LogP contribution in [0.5, 0.6) is 0 Å². The molecule has 5 aromatic rings. The molecule has 5 atom stereocenters. The molecule has 3 saturated carbocycles. The first-order valence-corrected chi connectivity index (χ1v) is 16.4. The van der Waals surface area contributed by atoms with E-state index in [1.54, 1.807) is 11.1 Å². The molecular weight excluding hydrogens is 486 g/mol. The lowest BCUT2D eigenvalue weighted by molar-refractivity contribution is 0.165. The third-order valence-electron chi connectivity index (χ3n) is 12.3. The van der Waals surface area contributed by atoms with Crippen molar-refractivity contribution in [1.29, 1.82) is 0 Å². The first kappa shape index (κ1) is 22.7. The summed E-state index contributed by atoms with van der Waals surface area (Å²) in [5.74, 6) is 5.42. The van der Waals surface area contributed by atoms with Crippen molar-refractivity contribution in [1.82, 2.24) is 15.0 Å². The lowest BCUT2D eigenvalue weighted by Gasteiger charge is -2.38. The molecule has 3 heterocycles. The van der Waals surface area contributed by atoms with E-state index in [-0.39, 0.29) is 0 Å². The summed E-state index contributed by atoms with van der Waals surface area (Å²) < 4.78 is 0. The molecule has 3 nitrogen and oxygen atoms in total. The van der Waals surface area contributed by atoms with Gasteiger partial charge >= 0.3 is 0 Å². The van der Waals surface area contributed by atoms with Crippen LogP contribution in [0.1, 0.15) is 124 Å². The van der Waals surface area contributed by atoms with Crippen molar-refractivity contribution in [2.75, 3.05) is 0 Å². The number of H-pyrrole nitrogens is 1. The predicted octanol–water partition coefficient (Wildman–Crippen LogP) is 9.98. The van der Waals surface area contributed by atoms with Gasteiger partial charge in [-0.1, -0.05) is 44.0 Å². The second kappa shape index (κ2) is 8.08. The largest absolute Gasteiger partial charge is 0.351 e. The Balaban J connectivity index is 1.21. The quantitative estimate of drug-likeness (QED) is 0.236. The van der Waals surface area contributed by atoms with Crippen LogP contribution in [0, 0.1) is 17.8 Å². The zero-order chi connectivity index (χ0) is 26.1.